The van der Waals surface area contributed by atoms with Crippen molar-refractivity contribution in [2.75, 3.05) is 13.2 Å². The lowest BCUT2D eigenvalue weighted by molar-refractivity contribution is -0.199. The van der Waals surface area contributed by atoms with Gasteiger partial charge in [-0.25, -0.2) is 4.79 Å². The van der Waals surface area contributed by atoms with E-state index in [0.29, 0.717) is 36.6 Å². The molecule has 9 heteroatoms. The van der Waals surface area contributed by atoms with Crippen molar-refractivity contribution in [3.63, 3.8) is 0 Å². The van der Waals surface area contributed by atoms with E-state index in [4.69, 9.17) is 14.0 Å². The minimum Gasteiger partial charge on any atom is -0.447 e. The summed E-state index contributed by atoms with van der Waals surface area (Å²) >= 11 is 0. The number of piperidine rings is 1. The number of hydrogen-bond acceptors (Lipinski definition) is 6. The summed E-state index contributed by atoms with van der Waals surface area (Å²) in [5.41, 5.74) is 0.769. The Morgan fingerprint density at radius 2 is 1.95 bits per heavy atom. The van der Waals surface area contributed by atoms with E-state index in [2.05, 4.69) is 32.2 Å². The van der Waals surface area contributed by atoms with Gasteiger partial charge in [0.25, 0.3) is 5.91 Å². The molecule has 2 amide bonds. The number of nitrogens with one attached hydrogen (secondary N) is 1. The number of alkyl carbamates (subject to hydrolysis) is 1. The predicted octanol–water partition coefficient (Wildman–Crippen LogP) is 4.93. The highest BCUT2D eigenvalue weighted by Gasteiger charge is 2.68. The molecule has 6 aliphatic rings. The molecule has 2 aliphatic heterocycles. The van der Waals surface area contributed by atoms with E-state index in [0.717, 1.165) is 24.8 Å². The smallest absolute Gasteiger partial charge is 0.447 e. The molecule has 0 spiro atoms. The van der Waals surface area contributed by atoms with Crippen molar-refractivity contribution in [3.8, 4) is 6.07 Å². The van der Waals surface area contributed by atoms with Crippen LogP contribution in [0.25, 0.3) is 0 Å². The van der Waals surface area contributed by atoms with Gasteiger partial charge in [-0.1, -0.05) is 71.0 Å². The van der Waals surface area contributed by atoms with Crippen molar-refractivity contribution in [1.29, 1.82) is 5.26 Å². The summed E-state index contributed by atoms with van der Waals surface area (Å²) in [6.07, 6.45) is 4.88. The normalized spacial score (nSPS) is 34.9. The second kappa shape index (κ2) is 10.4. The van der Waals surface area contributed by atoms with Crippen molar-refractivity contribution >= 4 is 19.1 Å². The van der Waals surface area contributed by atoms with Gasteiger partial charge < -0.3 is 24.3 Å². The minimum absolute atomic E-state index is 0.00992. The molecule has 0 radical (unpaired) electrons. The summed E-state index contributed by atoms with van der Waals surface area (Å²) < 4.78 is 19.1. The van der Waals surface area contributed by atoms with E-state index in [1.807, 2.05) is 51.1 Å². The highest BCUT2D eigenvalue weighted by molar-refractivity contribution is 6.47. The zero-order valence-electron chi connectivity index (χ0n) is 25.8. The van der Waals surface area contributed by atoms with Crippen LogP contribution in [0.4, 0.5) is 4.79 Å². The molecule has 4 saturated carbocycles. The van der Waals surface area contributed by atoms with Crippen LogP contribution in [-0.2, 0) is 25.3 Å². The van der Waals surface area contributed by atoms with Crippen molar-refractivity contribution in [3.05, 3.63) is 47.5 Å². The highest BCUT2D eigenvalue weighted by Crippen LogP contribution is 2.65. The number of nitriles is 1. The van der Waals surface area contributed by atoms with Crippen LogP contribution < -0.4 is 5.32 Å². The quantitative estimate of drug-likeness (QED) is 0.282. The first-order valence-electron chi connectivity index (χ1n) is 15.5. The molecule has 1 aromatic rings. The molecule has 2 heterocycles. The van der Waals surface area contributed by atoms with E-state index >= 15 is 0 Å². The van der Waals surface area contributed by atoms with Gasteiger partial charge in [0.05, 0.1) is 23.7 Å². The number of rotatable bonds is 7. The van der Waals surface area contributed by atoms with Gasteiger partial charge in [0.1, 0.15) is 18.2 Å². The van der Waals surface area contributed by atoms with Gasteiger partial charge in [-0.2, -0.15) is 5.26 Å². The van der Waals surface area contributed by atoms with Crippen molar-refractivity contribution in [2.45, 2.75) is 90.9 Å². The molecule has 8 nitrogen and oxygen atoms in total. The number of amides is 2. The van der Waals surface area contributed by atoms with Gasteiger partial charge in [0.15, 0.2) is 0 Å². The first-order valence-corrected chi connectivity index (χ1v) is 15.5. The Hall–Kier alpha value is -2.83. The fourth-order valence-electron chi connectivity index (χ4n) is 8.26. The van der Waals surface area contributed by atoms with E-state index in [1.165, 1.54) is 0 Å². The summed E-state index contributed by atoms with van der Waals surface area (Å²) in [7, 11) is -0.582. The topological polar surface area (TPSA) is 101 Å². The van der Waals surface area contributed by atoms with Crippen molar-refractivity contribution in [2.24, 2.45) is 34.5 Å². The lowest BCUT2D eigenvalue weighted by atomic mass is 9.43. The molecule has 7 rings (SSSR count). The molecule has 1 N–H and O–H groups in total. The molecule has 8 atom stereocenters. The fraction of sp³-hybridized carbons (Fsp3) is 0.667. The monoisotopic (exact) mass is 573 g/mol. The van der Waals surface area contributed by atoms with Gasteiger partial charge in [-0.3, -0.25) is 4.79 Å². The Morgan fingerprint density at radius 3 is 2.62 bits per heavy atom. The summed E-state index contributed by atoms with van der Waals surface area (Å²) in [6, 6.07) is 11.9. The molecule has 224 valence electrons. The van der Waals surface area contributed by atoms with Gasteiger partial charge >= 0.3 is 13.2 Å². The number of fused-ring (bicyclic) bond motifs is 1. The van der Waals surface area contributed by atoms with Crippen LogP contribution in [-0.4, -0.2) is 60.9 Å². The number of ether oxygens (including phenoxy) is 1. The van der Waals surface area contributed by atoms with Crippen LogP contribution in [0.15, 0.2) is 42.0 Å². The van der Waals surface area contributed by atoms with Gasteiger partial charge in [0.2, 0.25) is 0 Å². The third-order valence-electron chi connectivity index (χ3n) is 10.8. The van der Waals surface area contributed by atoms with Crippen LogP contribution in [0.2, 0.25) is 0 Å². The van der Waals surface area contributed by atoms with Crippen LogP contribution in [0, 0.1) is 45.8 Å². The number of allylic oxidation sites excluding steroid dienone is 1. The molecular weight excluding hydrogens is 529 g/mol. The van der Waals surface area contributed by atoms with Gasteiger partial charge in [-0.15, -0.1) is 0 Å². The lowest BCUT2D eigenvalue weighted by Gasteiger charge is -2.64. The first-order chi connectivity index (χ1) is 19.8. The molecule has 0 aromatic heterocycles. The summed E-state index contributed by atoms with van der Waals surface area (Å²) in [5, 5.41) is 12.8. The Labute approximate surface area is 250 Å². The van der Waals surface area contributed by atoms with Crippen molar-refractivity contribution < 1.29 is 23.6 Å². The maximum Gasteiger partial charge on any atom is 0.482 e. The van der Waals surface area contributed by atoms with Crippen molar-refractivity contribution in [1.82, 2.24) is 10.2 Å². The largest absolute Gasteiger partial charge is 0.482 e. The fourth-order valence-corrected chi connectivity index (χ4v) is 8.26. The Morgan fingerprint density at radius 1 is 1.21 bits per heavy atom. The molecule has 42 heavy (non-hydrogen) atoms. The Balaban J connectivity index is 1.13. The van der Waals surface area contributed by atoms with Gasteiger partial charge in [0, 0.05) is 6.54 Å². The zero-order valence-corrected chi connectivity index (χ0v) is 25.8. The Kier molecular flexibility index (Phi) is 7.25. The standard InChI is InChI=1S/C33H44BN3O5/c1-31(2,3)16-22(17-35)29(38)37-18-21-13-24(21)25(37)19-40-30(39)36-28(12-20-10-8-7-9-11-20)34-41-27-15-23-14-26(32(23,4)5)33(27,6)42-34/h7-11,16,21,23-28H,12-15,18-19H2,1-6H3,(H,36,39)/t21-,23+,24-,25+,26+,27-,28+,33+/m1/s1. The highest BCUT2D eigenvalue weighted by atomic mass is 16.7. The number of nitrogens with zero attached hydrogens (tertiary/aromatic N) is 2. The van der Waals surface area contributed by atoms with Crippen LogP contribution in [0.1, 0.15) is 66.4 Å². The predicted molar refractivity (Wildman–Crippen MR) is 159 cm³/mol. The second-order valence-electron chi connectivity index (χ2n) is 15.1. The van der Waals surface area contributed by atoms with Crippen LogP contribution >= 0.6 is 0 Å². The maximum absolute atomic E-state index is 13.3. The summed E-state index contributed by atoms with van der Waals surface area (Å²) in [6.45, 7) is 13.4. The molecule has 2 saturated heterocycles. The number of benzene rings is 1. The maximum atomic E-state index is 13.3. The lowest BCUT2D eigenvalue weighted by Crippen LogP contribution is -2.65. The molecular formula is C33H44BN3O5. The SMILES string of the molecule is CC(C)(C)C=C(C#N)C(=O)N1C[C@H]2C[C@H]2[C@@H]1COC(=O)N[C@@H](Cc1ccccc1)B1O[C@@H]2C[C@@H]3C[C@@H](C3(C)C)[C@]2(C)O1. The third kappa shape index (κ3) is 5.26. The number of hydrogen-bond donors (Lipinski definition) is 1. The molecule has 0 unspecified atom stereocenters. The third-order valence-corrected chi connectivity index (χ3v) is 10.8. The first kappa shape index (κ1) is 29.3. The van der Waals surface area contributed by atoms with E-state index < -0.39 is 19.2 Å². The Bertz CT molecular complexity index is 1300. The number of carbonyl (C=O) groups is 2. The number of carbonyl (C=O) groups excluding carboxylic acids is 2. The second-order valence-corrected chi connectivity index (χ2v) is 15.1. The van der Waals surface area contributed by atoms with Crippen LogP contribution in [0.5, 0.6) is 0 Å². The van der Waals surface area contributed by atoms with E-state index in [1.54, 1.807) is 11.0 Å². The number of likely N-dealkylation sites (tertiary alicyclic amines) is 1. The molecule has 2 bridgehead atoms. The molecule has 6 fully saturated rings. The summed E-state index contributed by atoms with van der Waals surface area (Å²) in [4.78, 5) is 28.3. The van der Waals surface area contributed by atoms with E-state index in [9.17, 15) is 14.9 Å². The minimum atomic E-state index is -0.582. The average Bonchev–Trinajstić information content (AvgIpc) is 3.46. The summed E-state index contributed by atoms with van der Waals surface area (Å²) in [5.74, 6) is 1.06. The van der Waals surface area contributed by atoms with E-state index in [-0.39, 0.29) is 46.7 Å². The van der Waals surface area contributed by atoms with Gasteiger partial charge in [-0.05, 0) is 72.7 Å². The van der Waals surface area contributed by atoms with Crippen LogP contribution in [0.3, 0.4) is 0 Å². The molecule has 1 aromatic carbocycles. The molecule has 4 aliphatic carbocycles. The zero-order chi connectivity index (χ0) is 30.0. The average molecular weight is 574 g/mol.